The van der Waals surface area contributed by atoms with Crippen LogP contribution in [0.15, 0.2) is 40.9 Å². The number of ether oxygens (including phenoxy) is 2. The van der Waals surface area contributed by atoms with E-state index in [-0.39, 0.29) is 0 Å². The summed E-state index contributed by atoms with van der Waals surface area (Å²) in [5.74, 6) is 1.71. The van der Waals surface area contributed by atoms with Gasteiger partial charge in [-0.25, -0.2) is 0 Å². The summed E-state index contributed by atoms with van der Waals surface area (Å²) in [5, 5.41) is 1.03. The third-order valence-electron chi connectivity index (χ3n) is 4.47. The number of hydrogen-bond donors (Lipinski definition) is 1. The molecule has 0 bridgehead atoms. The lowest BCUT2D eigenvalue weighted by Crippen LogP contribution is -2.06. The molecule has 2 aromatic heterocycles. The van der Waals surface area contributed by atoms with Crippen molar-refractivity contribution in [3.63, 3.8) is 0 Å². The van der Waals surface area contributed by atoms with Gasteiger partial charge < -0.3 is 19.6 Å². The van der Waals surface area contributed by atoms with E-state index >= 15 is 0 Å². The first-order chi connectivity index (χ1) is 12.7. The van der Waals surface area contributed by atoms with Crippen LogP contribution in [-0.2, 0) is 24.3 Å². The second-order valence-corrected chi connectivity index (χ2v) is 6.18. The maximum absolute atomic E-state index is 6.05. The minimum atomic E-state index is 0.484. The van der Waals surface area contributed by atoms with Crippen molar-refractivity contribution in [2.24, 2.45) is 5.73 Å². The molecule has 3 aromatic rings. The first kappa shape index (κ1) is 18.4. The number of aromatic nitrogens is 1. The van der Waals surface area contributed by atoms with Crippen LogP contribution in [-0.4, -0.2) is 18.2 Å². The van der Waals surface area contributed by atoms with Gasteiger partial charge in [-0.1, -0.05) is 12.1 Å². The molecule has 26 heavy (non-hydrogen) atoms. The molecule has 0 spiro atoms. The first-order valence-electron chi connectivity index (χ1n) is 9.09. The molecule has 0 radical (unpaired) electrons. The molecule has 138 valence electrons. The van der Waals surface area contributed by atoms with Gasteiger partial charge in [-0.2, -0.15) is 0 Å². The van der Waals surface area contributed by atoms with Gasteiger partial charge in [-0.15, -0.1) is 0 Å². The summed E-state index contributed by atoms with van der Waals surface area (Å²) in [7, 11) is 0. The molecular formula is C21H26N2O3. The van der Waals surface area contributed by atoms with Crippen LogP contribution in [0.1, 0.15) is 35.9 Å². The second kappa shape index (κ2) is 8.83. The lowest BCUT2D eigenvalue weighted by atomic mass is 10.1. The third-order valence-corrected chi connectivity index (χ3v) is 4.47. The van der Waals surface area contributed by atoms with Gasteiger partial charge in [0.1, 0.15) is 23.7 Å². The zero-order valence-corrected chi connectivity index (χ0v) is 15.5. The SMILES string of the molecule is CCOCc1oc2cccc(OCCCc3ncccc3CN)c2c1C. The highest BCUT2D eigenvalue weighted by Gasteiger charge is 2.14. The minimum Gasteiger partial charge on any atom is -0.493 e. The smallest absolute Gasteiger partial charge is 0.138 e. The van der Waals surface area contributed by atoms with Gasteiger partial charge in [-0.3, -0.25) is 4.98 Å². The van der Waals surface area contributed by atoms with E-state index in [1.54, 1.807) is 0 Å². The molecule has 2 N–H and O–H groups in total. The third kappa shape index (κ3) is 4.06. The number of pyridine rings is 1. The van der Waals surface area contributed by atoms with Crippen LogP contribution >= 0.6 is 0 Å². The molecule has 0 unspecified atom stereocenters. The van der Waals surface area contributed by atoms with Crippen molar-refractivity contribution in [2.45, 2.75) is 39.8 Å². The molecule has 0 aliphatic rings. The highest BCUT2D eigenvalue weighted by molar-refractivity contribution is 5.88. The summed E-state index contributed by atoms with van der Waals surface area (Å²) in [5.41, 5.74) is 9.84. The average molecular weight is 354 g/mol. The predicted octanol–water partition coefficient (Wildman–Crippen LogP) is 4.14. The predicted molar refractivity (Wildman–Crippen MR) is 102 cm³/mol. The molecule has 5 heteroatoms. The van der Waals surface area contributed by atoms with Crippen LogP contribution in [0.5, 0.6) is 5.75 Å². The van der Waals surface area contributed by atoms with E-state index in [0.29, 0.717) is 26.4 Å². The topological polar surface area (TPSA) is 70.5 Å². The monoisotopic (exact) mass is 354 g/mol. The second-order valence-electron chi connectivity index (χ2n) is 6.18. The average Bonchev–Trinajstić information content (AvgIpc) is 3.00. The van der Waals surface area contributed by atoms with Crippen molar-refractivity contribution in [1.29, 1.82) is 0 Å². The Morgan fingerprint density at radius 3 is 2.88 bits per heavy atom. The quantitative estimate of drug-likeness (QED) is 0.585. The molecule has 0 amide bonds. The van der Waals surface area contributed by atoms with Crippen molar-refractivity contribution < 1.29 is 13.9 Å². The minimum absolute atomic E-state index is 0.484. The van der Waals surface area contributed by atoms with Gasteiger partial charge in [-0.05, 0) is 50.5 Å². The normalized spacial score (nSPS) is 11.2. The van der Waals surface area contributed by atoms with Crippen molar-refractivity contribution in [2.75, 3.05) is 13.2 Å². The summed E-state index contributed by atoms with van der Waals surface area (Å²) < 4.78 is 17.5. The number of rotatable bonds is 9. The number of nitrogens with zero attached hydrogens (tertiary/aromatic N) is 1. The Morgan fingerprint density at radius 1 is 1.19 bits per heavy atom. The van der Waals surface area contributed by atoms with E-state index in [9.17, 15) is 0 Å². The van der Waals surface area contributed by atoms with Gasteiger partial charge in [0.2, 0.25) is 0 Å². The number of benzene rings is 1. The molecule has 0 atom stereocenters. The Balaban J connectivity index is 1.66. The molecule has 0 fully saturated rings. The maximum atomic E-state index is 6.05. The number of nitrogens with two attached hydrogens (primary N) is 1. The molecule has 0 aliphatic heterocycles. The Bertz CT molecular complexity index is 858. The summed E-state index contributed by atoms with van der Waals surface area (Å²) >= 11 is 0. The van der Waals surface area contributed by atoms with Crippen LogP contribution < -0.4 is 10.5 Å². The number of fused-ring (bicyclic) bond motifs is 1. The van der Waals surface area contributed by atoms with Crippen LogP contribution in [0, 0.1) is 6.92 Å². The fourth-order valence-corrected chi connectivity index (χ4v) is 3.07. The van der Waals surface area contributed by atoms with Crippen molar-refractivity contribution >= 4 is 11.0 Å². The number of aryl methyl sites for hydroxylation is 2. The van der Waals surface area contributed by atoms with E-state index in [4.69, 9.17) is 19.6 Å². The molecule has 0 saturated carbocycles. The van der Waals surface area contributed by atoms with Crippen molar-refractivity contribution in [3.05, 3.63) is 59.1 Å². The standard InChI is InChI=1S/C21H26N2O3/c1-3-24-14-20-15(2)21-18(9-4-10-19(21)26-20)25-12-6-8-17-16(13-22)7-5-11-23-17/h4-5,7,9-11H,3,6,8,12-14,22H2,1-2H3. The van der Waals surface area contributed by atoms with E-state index in [2.05, 4.69) is 11.9 Å². The Kier molecular flexibility index (Phi) is 6.26. The fourth-order valence-electron chi connectivity index (χ4n) is 3.07. The van der Waals surface area contributed by atoms with E-state index in [1.165, 1.54) is 0 Å². The summed E-state index contributed by atoms with van der Waals surface area (Å²) in [6.45, 7) is 6.31. The molecular weight excluding hydrogens is 328 g/mol. The van der Waals surface area contributed by atoms with Gasteiger partial charge in [0.05, 0.1) is 12.0 Å². The first-order valence-corrected chi connectivity index (χ1v) is 9.09. The van der Waals surface area contributed by atoms with E-state index < -0.39 is 0 Å². The molecule has 3 rings (SSSR count). The van der Waals surface area contributed by atoms with Crippen molar-refractivity contribution in [1.82, 2.24) is 4.98 Å². The highest BCUT2D eigenvalue weighted by atomic mass is 16.5. The van der Waals surface area contributed by atoms with Crippen LogP contribution in [0.4, 0.5) is 0 Å². The van der Waals surface area contributed by atoms with Gasteiger partial charge >= 0.3 is 0 Å². The summed E-state index contributed by atoms with van der Waals surface area (Å²) in [6, 6.07) is 9.85. The molecule has 2 heterocycles. The molecule has 0 saturated heterocycles. The van der Waals surface area contributed by atoms with Crippen LogP contribution in [0.3, 0.4) is 0 Å². The lowest BCUT2D eigenvalue weighted by Gasteiger charge is -2.09. The van der Waals surface area contributed by atoms with Crippen LogP contribution in [0.25, 0.3) is 11.0 Å². The summed E-state index contributed by atoms with van der Waals surface area (Å²) in [4.78, 5) is 4.43. The zero-order valence-electron chi connectivity index (χ0n) is 15.5. The Hall–Kier alpha value is -2.37. The van der Waals surface area contributed by atoms with Gasteiger partial charge in [0, 0.05) is 30.6 Å². The molecule has 5 nitrogen and oxygen atoms in total. The molecule has 0 aliphatic carbocycles. The van der Waals surface area contributed by atoms with E-state index in [1.807, 2.05) is 43.5 Å². The summed E-state index contributed by atoms with van der Waals surface area (Å²) in [6.07, 6.45) is 3.54. The van der Waals surface area contributed by atoms with E-state index in [0.717, 1.165) is 52.1 Å². The highest BCUT2D eigenvalue weighted by Crippen LogP contribution is 2.33. The van der Waals surface area contributed by atoms with Gasteiger partial charge in [0.25, 0.3) is 0 Å². The maximum Gasteiger partial charge on any atom is 0.138 e. The number of furan rings is 1. The largest absolute Gasteiger partial charge is 0.493 e. The Morgan fingerprint density at radius 2 is 2.08 bits per heavy atom. The van der Waals surface area contributed by atoms with Crippen molar-refractivity contribution in [3.8, 4) is 5.75 Å². The molecule has 1 aromatic carbocycles. The number of hydrogen-bond acceptors (Lipinski definition) is 5. The van der Waals surface area contributed by atoms with Gasteiger partial charge in [0.15, 0.2) is 0 Å². The fraction of sp³-hybridized carbons (Fsp3) is 0.381. The lowest BCUT2D eigenvalue weighted by molar-refractivity contribution is 0.119. The zero-order chi connectivity index (χ0) is 18.4. The Labute approximate surface area is 154 Å². The van der Waals surface area contributed by atoms with Crippen LogP contribution in [0.2, 0.25) is 0 Å².